The lowest BCUT2D eigenvalue weighted by Gasteiger charge is -2.19. The molecule has 1 aromatic heterocycles. The molecule has 0 atom stereocenters. The average molecular weight is 242 g/mol. The van der Waals surface area contributed by atoms with Crippen LogP contribution in [0.2, 0.25) is 0 Å². The van der Waals surface area contributed by atoms with Crippen LogP contribution in [0.15, 0.2) is 42.6 Å². The van der Waals surface area contributed by atoms with Gasteiger partial charge in [-0.1, -0.05) is 19.1 Å². The van der Waals surface area contributed by atoms with Gasteiger partial charge in [-0.3, -0.25) is 4.98 Å². The van der Waals surface area contributed by atoms with Crippen LogP contribution in [0.1, 0.15) is 18.2 Å². The maximum Gasteiger partial charge on any atom is 0.133 e. The lowest BCUT2D eigenvalue weighted by molar-refractivity contribution is 0.472. The third-order valence-corrected chi connectivity index (χ3v) is 2.99. The highest BCUT2D eigenvalue weighted by atomic mass is 16.3. The molecule has 0 bridgehead atoms. The number of nitrogens with zero attached hydrogens (tertiary/aromatic N) is 2. The van der Waals surface area contributed by atoms with E-state index in [1.807, 2.05) is 13.1 Å². The summed E-state index contributed by atoms with van der Waals surface area (Å²) in [5.41, 5.74) is 3.45. The van der Waals surface area contributed by atoms with E-state index in [0.717, 1.165) is 18.7 Å². The number of hydrogen-bond donors (Lipinski definition) is 1. The minimum absolute atomic E-state index is 0.203. The lowest BCUT2D eigenvalue weighted by atomic mass is 10.1. The molecule has 0 unspecified atom stereocenters. The maximum atomic E-state index is 9.19. The molecule has 0 aliphatic rings. The standard InChI is InChI=1S/C15H18N2O/c1-3-12-4-7-14(8-5-12)17(2)11-13-6-9-15(18)10-16-13/h4-10,18H,3,11H2,1-2H3. The van der Waals surface area contributed by atoms with Crippen LogP contribution in [-0.4, -0.2) is 17.1 Å². The molecule has 1 N–H and O–H groups in total. The maximum absolute atomic E-state index is 9.19. The van der Waals surface area contributed by atoms with Gasteiger partial charge in [-0.05, 0) is 36.2 Å². The molecule has 0 saturated heterocycles. The Balaban J connectivity index is 2.06. The Labute approximate surface area is 108 Å². The van der Waals surface area contributed by atoms with Crippen LogP contribution in [0.25, 0.3) is 0 Å². The number of aromatic nitrogens is 1. The first kappa shape index (κ1) is 12.4. The van der Waals surface area contributed by atoms with Gasteiger partial charge in [0.1, 0.15) is 5.75 Å². The summed E-state index contributed by atoms with van der Waals surface area (Å²) < 4.78 is 0. The summed E-state index contributed by atoms with van der Waals surface area (Å²) in [4.78, 5) is 6.32. The number of anilines is 1. The summed E-state index contributed by atoms with van der Waals surface area (Å²) in [6, 6.07) is 12.0. The van der Waals surface area contributed by atoms with E-state index in [9.17, 15) is 5.11 Å². The first-order chi connectivity index (χ1) is 8.69. The van der Waals surface area contributed by atoms with E-state index in [-0.39, 0.29) is 5.75 Å². The molecule has 1 aromatic carbocycles. The number of hydrogen-bond acceptors (Lipinski definition) is 3. The third kappa shape index (κ3) is 3.00. The van der Waals surface area contributed by atoms with Crippen molar-refractivity contribution in [3.05, 3.63) is 53.9 Å². The molecular formula is C15H18N2O. The summed E-state index contributed by atoms with van der Waals surface area (Å²) in [7, 11) is 2.04. The van der Waals surface area contributed by atoms with Crippen molar-refractivity contribution in [2.45, 2.75) is 19.9 Å². The third-order valence-electron chi connectivity index (χ3n) is 2.99. The normalized spacial score (nSPS) is 10.3. The van der Waals surface area contributed by atoms with E-state index < -0.39 is 0 Å². The Hall–Kier alpha value is -2.03. The number of benzene rings is 1. The minimum atomic E-state index is 0.203. The number of aromatic hydroxyl groups is 1. The Morgan fingerprint density at radius 2 is 1.83 bits per heavy atom. The number of pyridine rings is 1. The van der Waals surface area contributed by atoms with Gasteiger partial charge in [0.25, 0.3) is 0 Å². The Bertz CT molecular complexity index is 491. The van der Waals surface area contributed by atoms with E-state index in [0.29, 0.717) is 0 Å². The van der Waals surface area contributed by atoms with Gasteiger partial charge in [0.15, 0.2) is 0 Å². The van der Waals surface area contributed by atoms with Crippen LogP contribution in [0.5, 0.6) is 5.75 Å². The molecule has 0 amide bonds. The molecule has 18 heavy (non-hydrogen) atoms. The molecule has 2 aromatic rings. The van der Waals surface area contributed by atoms with Gasteiger partial charge in [0.2, 0.25) is 0 Å². The summed E-state index contributed by atoms with van der Waals surface area (Å²) >= 11 is 0. The summed E-state index contributed by atoms with van der Waals surface area (Å²) in [6.07, 6.45) is 2.53. The fourth-order valence-corrected chi connectivity index (χ4v) is 1.83. The summed E-state index contributed by atoms with van der Waals surface area (Å²) in [5, 5.41) is 9.19. The van der Waals surface area contributed by atoms with E-state index in [1.165, 1.54) is 17.4 Å². The fourth-order valence-electron chi connectivity index (χ4n) is 1.83. The zero-order valence-corrected chi connectivity index (χ0v) is 10.8. The van der Waals surface area contributed by atoms with Crippen molar-refractivity contribution >= 4 is 5.69 Å². The van der Waals surface area contributed by atoms with Crippen molar-refractivity contribution in [3.63, 3.8) is 0 Å². The molecule has 0 saturated carbocycles. The highest BCUT2D eigenvalue weighted by molar-refractivity contribution is 5.47. The van der Waals surface area contributed by atoms with Crippen molar-refractivity contribution in [3.8, 4) is 5.75 Å². The van der Waals surface area contributed by atoms with Crippen molar-refractivity contribution < 1.29 is 5.11 Å². The lowest BCUT2D eigenvalue weighted by Crippen LogP contribution is -2.16. The second-order valence-corrected chi connectivity index (χ2v) is 4.38. The van der Waals surface area contributed by atoms with Gasteiger partial charge in [-0.2, -0.15) is 0 Å². The van der Waals surface area contributed by atoms with Crippen molar-refractivity contribution in [2.24, 2.45) is 0 Å². The van der Waals surface area contributed by atoms with Crippen LogP contribution < -0.4 is 4.90 Å². The molecule has 2 rings (SSSR count). The molecule has 0 aliphatic heterocycles. The first-order valence-corrected chi connectivity index (χ1v) is 6.13. The molecule has 0 aliphatic carbocycles. The topological polar surface area (TPSA) is 36.4 Å². The predicted molar refractivity (Wildman–Crippen MR) is 73.8 cm³/mol. The van der Waals surface area contributed by atoms with Gasteiger partial charge in [0.05, 0.1) is 18.4 Å². The monoisotopic (exact) mass is 242 g/mol. The van der Waals surface area contributed by atoms with Crippen molar-refractivity contribution in [1.29, 1.82) is 0 Å². The highest BCUT2D eigenvalue weighted by Gasteiger charge is 2.03. The van der Waals surface area contributed by atoms with Gasteiger partial charge < -0.3 is 10.0 Å². The van der Waals surface area contributed by atoms with Crippen LogP contribution in [0.3, 0.4) is 0 Å². The predicted octanol–water partition coefficient (Wildman–Crippen LogP) is 2.99. The largest absolute Gasteiger partial charge is 0.506 e. The molecule has 0 spiro atoms. The van der Waals surface area contributed by atoms with Crippen LogP contribution >= 0.6 is 0 Å². The Kier molecular flexibility index (Phi) is 3.82. The van der Waals surface area contributed by atoms with Crippen molar-refractivity contribution in [1.82, 2.24) is 4.98 Å². The van der Waals surface area contributed by atoms with Crippen LogP contribution in [0.4, 0.5) is 5.69 Å². The number of rotatable bonds is 4. The highest BCUT2D eigenvalue weighted by Crippen LogP contribution is 2.16. The van der Waals surface area contributed by atoms with Crippen LogP contribution in [-0.2, 0) is 13.0 Å². The van der Waals surface area contributed by atoms with E-state index >= 15 is 0 Å². The zero-order chi connectivity index (χ0) is 13.0. The van der Waals surface area contributed by atoms with Crippen LogP contribution in [0, 0.1) is 0 Å². The molecule has 3 heteroatoms. The van der Waals surface area contributed by atoms with E-state index in [1.54, 1.807) is 6.07 Å². The van der Waals surface area contributed by atoms with Gasteiger partial charge in [-0.15, -0.1) is 0 Å². The summed E-state index contributed by atoms with van der Waals surface area (Å²) in [6.45, 7) is 2.88. The second-order valence-electron chi connectivity index (χ2n) is 4.38. The molecular weight excluding hydrogens is 224 g/mol. The van der Waals surface area contributed by atoms with Gasteiger partial charge in [-0.25, -0.2) is 0 Å². The SMILES string of the molecule is CCc1ccc(N(C)Cc2ccc(O)cn2)cc1. The minimum Gasteiger partial charge on any atom is -0.506 e. The Morgan fingerprint density at radius 3 is 2.39 bits per heavy atom. The van der Waals surface area contributed by atoms with Gasteiger partial charge in [0, 0.05) is 12.7 Å². The molecule has 94 valence electrons. The zero-order valence-electron chi connectivity index (χ0n) is 10.8. The van der Waals surface area contributed by atoms with Crippen molar-refractivity contribution in [2.75, 3.05) is 11.9 Å². The first-order valence-electron chi connectivity index (χ1n) is 6.13. The summed E-state index contributed by atoms with van der Waals surface area (Å²) in [5.74, 6) is 0.203. The molecule has 0 radical (unpaired) electrons. The second kappa shape index (κ2) is 5.54. The van der Waals surface area contributed by atoms with E-state index in [4.69, 9.17) is 0 Å². The van der Waals surface area contributed by atoms with Gasteiger partial charge >= 0.3 is 0 Å². The molecule has 0 fully saturated rings. The molecule has 3 nitrogen and oxygen atoms in total. The van der Waals surface area contributed by atoms with E-state index in [2.05, 4.69) is 41.1 Å². The fraction of sp³-hybridized carbons (Fsp3) is 0.267. The number of aryl methyl sites for hydroxylation is 1. The quantitative estimate of drug-likeness (QED) is 0.895. The molecule has 1 heterocycles. The Morgan fingerprint density at radius 1 is 1.11 bits per heavy atom. The average Bonchev–Trinajstić information content (AvgIpc) is 2.41. The smallest absolute Gasteiger partial charge is 0.133 e.